The summed E-state index contributed by atoms with van der Waals surface area (Å²) in [5.41, 5.74) is -0.843. The van der Waals surface area contributed by atoms with Crippen LogP contribution in [0, 0.1) is 10.1 Å². The number of rotatable bonds is 7. The molecule has 0 fully saturated rings. The molecule has 0 amide bonds. The van der Waals surface area contributed by atoms with E-state index in [2.05, 4.69) is 5.32 Å². The van der Waals surface area contributed by atoms with E-state index in [1.807, 2.05) is 0 Å². The smallest absolute Gasteiger partial charge is 0.326 e. The highest BCUT2D eigenvalue weighted by Gasteiger charge is 2.33. The van der Waals surface area contributed by atoms with Crippen LogP contribution in [0.4, 0.5) is 5.69 Å². The van der Waals surface area contributed by atoms with E-state index in [9.17, 15) is 14.9 Å². The molecule has 1 aromatic carbocycles. The van der Waals surface area contributed by atoms with Crippen LogP contribution in [0.1, 0.15) is 13.8 Å². The lowest BCUT2D eigenvalue weighted by Crippen LogP contribution is -2.50. The van der Waals surface area contributed by atoms with Crippen molar-refractivity contribution < 1.29 is 14.5 Å². The SMILES string of the molecule is CCOC(=O)C(C)(CSc1ccccc1[N+](=O)[O-])NC. The van der Waals surface area contributed by atoms with Gasteiger partial charge >= 0.3 is 5.97 Å². The molecule has 6 nitrogen and oxygen atoms in total. The molecular weight excluding hydrogens is 280 g/mol. The molecule has 110 valence electrons. The third-order valence-electron chi connectivity index (χ3n) is 2.86. The lowest BCUT2D eigenvalue weighted by atomic mass is 10.1. The molecule has 1 rings (SSSR count). The lowest BCUT2D eigenvalue weighted by molar-refractivity contribution is -0.387. The quantitative estimate of drug-likeness (QED) is 0.360. The average Bonchev–Trinajstić information content (AvgIpc) is 2.45. The Bertz CT molecular complexity index is 495. The molecule has 0 saturated carbocycles. The van der Waals surface area contributed by atoms with E-state index in [0.717, 1.165) is 0 Å². The van der Waals surface area contributed by atoms with E-state index in [-0.39, 0.29) is 11.7 Å². The lowest BCUT2D eigenvalue weighted by Gasteiger charge is -2.26. The Morgan fingerprint density at radius 3 is 2.70 bits per heavy atom. The highest BCUT2D eigenvalue weighted by atomic mass is 32.2. The van der Waals surface area contributed by atoms with Gasteiger partial charge in [-0.1, -0.05) is 12.1 Å². The molecule has 0 spiro atoms. The zero-order valence-corrected chi connectivity index (χ0v) is 12.5. The van der Waals surface area contributed by atoms with Crippen LogP contribution in [0.25, 0.3) is 0 Å². The van der Waals surface area contributed by atoms with Gasteiger partial charge in [-0.15, -0.1) is 11.8 Å². The summed E-state index contributed by atoms with van der Waals surface area (Å²) in [7, 11) is 1.66. The van der Waals surface area contributed by atoms with Crippen LogP contribution in [0.3, 0.4) is 0 Å². The fraction of sp³-hybridized carbons (Fsp3) is 0.462. The summed E-state index contributed by atoms with van der Waals surface area (Å²) in [5, 5.41) is 13.9. The summed E-state index contributed by atoms with van der Waals surface area (Å²) >= 11 is 1.26. The summed E-state index contributed by atoms with van der Waals surface area (Å²) in [4.78, 5) is 22.9. The number of hydrogen-bond acceptors (Lipinski definition) is 6. The number of nitrogens with zero attached hydrogens (tertiary/aromatic N) is 1. The Morgan fingerprint density at radius 1 is 1.50 bits per heavy atom. The minimum absolute atomic E-state index is 0.0415. The van der Waals surface area contributed by atoms with Crippen molar-refractivity contribution in [1.82, 2.24) is 5.32 Å². The molecule has 1 aromatic rings. The Balaban J connectivity index is 2.84. The molecule has 0 aliphatic heterocycles. The van der Waals surface area contributed by atoms with E-state index in [1.54, 1.807) is 39.1 Å². The summed E-state index contributed by atoms with van der Waals surface area (Å²) in [5.74, 6) is -0.0266. The Labute approximate surface area is 122 Å². The molecule has 0 saturated heterocycles. The second-order valence-electron chi connectivity index (χ2n) is 4.32. The van der Waals surface area contributed by atoms with E-state index in [4.69, 9.17) is 4.74 Å². The molecule has 7 heteroatoms. The van der Waals surface area contributed by atoms with Gasteiger partial charge in [-0.25, -0.2) is 0 Å². The van der Waals surface area contributed by atoms with E-state index >= 15 is 0 Å². The second kappa shape index (κ2) is 7.25. The number of likely N-dealkylation sites (N-methyl/N-ethyl adjacent to an activating group) is 1. The number of nitro groups is 1. The second-order valence-corrected chi connectivity index (χ2v) is 5.33. The van der Waals surface area contributed by atoms with Gasteiger partial charge in [0.15, 0.2) is 0 Å². The van der Waals surface area contributed by atoms with Crippen LogP contribution in [0.5, 0.6) is 0 Å². The van der Waals surface area contributed by atoms with Crippen LogP contribution in [-0.2, 0) is 9.53 Å². The van der Waals surface area contributed by atoms with Gasteiger partial charge in [0.05, 0.1) is 16.4 Å². The number of nitrogens with one attached hydrogen (secondary N) is 1. The number of thioether (sulfide) groups is 1. The number of hydrogen-bond donors (Lipinski definition) is 1. The van der Waals surface area contributed by atoms with Crippen LogP contribution < -0.4 is 5.32 Å². The van der Waals surface area contributed by atoms with Crippen LogP contribution >= 0.6 is 11.8 Å². The van der Waals surface area contributed by atoms with Crippen LogP contribution in [0.2, 0.25) is 0 Å². The van der Waals surface area contributed by atoms with E-state index < -0.39 is 10.5 Å². The van der Waals surface area contributed by atoms with Crippen molar-refractivity contribution in [3.05, 3.63) is 34.4 Å². The molecule has 0 heterocycles. The normalized spacial score (nSPS) is 13.6. The molecule has 0 aliphatic carbocycles. The van der Waals surface area contributed by atoms with Gasteiger partial charge in [-0.2, -0.15) is 0 Å². The highest BCUT2D eigenvalue weighted by molar-refractivity contribution is 7.99. The summed E-state index contributed by atoms with van der Waals surface area (Å²) in [6.07, 6.45) is 0. The van der Waals surface area contributed by atoms with Crippen molar-refractivity contribution in [3.8, 4) is 0 Å². The van der Waals surface area contributed by atoms with Crippen molar-refractivity contribution in [2.75, 3.05) is 19.4 Å². The zero-order chi connectivity index (χ0) is 15.2. The van der Waals surface area contributed by atoms with E-state index in [0.29, 0.717) is 17.3 Å². The number of nitro benzene ring substituents is 1. The maximum absolute atomic E-state index is 11.9. The molecule has 0 aliphatic rings. The van der Waals surface area contributed by atoms with Crippen LogP contribution in [-0.4, -0.2) is 35.8 Å². The van der Waals surface area contributed by atoms with Gasteiger partial charge in [-0.05, 0) is 27.0 Å². The molecule has 1 atom stereocenters. The highest BCUT2D eigenvalue weighted by Crippen LogP contribution is 2.31. The van der Waals surface area contributed by atoms with Crippen molar-refractivity contribution in [3.63, 3.8) is 0 Å². The first kappa shape index (κ1) is 16.5. The minimum Gasteiger partial charge on any atom is -0.465 e. The van der Waals surface area contributed by atoms with Gasteiger partial charge in [0.2, 0.25) is 0 Å². The average molecular weight is 298 g/mol. The molecule has 0 radical (unpaired) electrons. The van der Waals surface area contributed by atoms with Gasteiger partial charge < -0.3 is 10.1 Å². The largest absolute Gasteiger partial charge is 0.465 e. The maximum atomic E-state index is 11.9. The zero-order valence-electron chi connectivity index (χ0n) is 11.7. The first-order valence-corrected chi connectivity index (χ1v) is 7.15. The summed E-state index contributed by atoms with van der Waals surface area (Å²) < 4.78 is 5.02. The molecule has 0 bridgehead atoms. The number of benzene rings is 1. The molecule has 20 heavy (non-hydrogen) atoms. The third kappa shape index (κ3) is 3.94. The Morgan fingerprint density at radius 2 is 2.15 bits per heavy atom. The van der Waals surface area contributed by atoms with Gasteiger partial charge in [0.1, 0.15) is 5.54 Å². The summed E-state index contributed by atoms with van der Waals surface area (Å²) in [6.45, 7) is 3.75. The van der Waals surface area contributed by atoms with Gasteiger partial charge in [0, 0.05) is 11.8 Å². The van der Waals surface area contributed by atoms with Crippen molar-refractivity contribution in [2.24, 2.45) is 0 Å². The fourth-order valence-electron chi connectivity index (χ4n) is 1.48. The molecule has 1 N–H and O–H groups in total. The number of ether oxygens (including phenoxy) is 1. The van der Waals surface area contributed by atoms with Gasteiger partial charge in [0.25, 0.3) is 5.69 Å². The number of esters is 1. The van der Waals surface area contributed by atoms with Crippen LogP contribution in [0.15, 0.2) is 29.2 Å². The number of para-hydroxylation sites is 1. The predicted molar refractivity (Wildman–Crippen MR) is 77.9 cm³/mol. The third-order valence-corrected chi connectivity index (χ3v) is 4.23. The number of carbonyl (C=O) groups is 1. The topological polar surface area (TPSA) is 81.5 Å². The monoisotopic (exact) mass is 298 g/mol. The van der Waals surface area contributed by atoms with Crippen molar-refractivity contribution in [2.45, 2.75) is 24.3 Å². The molecular formula is C13H18N2O4S. The van der Waals surface area contributed by atoms with Gasteiger partial charge in [-0.3, -0.25) is 14.9 Å². The first-order valence-electron chi connectivity index (χ1n) is 6.17. The summed E-state index contributed by atoms with van der Waals surface area (Å²) in [6, 6.07) is 6.47. The minimum atomic E-state index is -0.885. The standard InChI is InChI=1S/C13H18N2O4S/c1-4-19-12(16)13(2,14-3)9-20-11-8-6-5-7-10(11)15(17)18/h5-8,14H,4,9H2,1-3H3. The Hall–Kier alpha value is -1.60. The molecule has 1 unspecified atom stereocenters. The van der Waals surface area contributed by atoms with Crippen molar-refractivity contribution in [1.29, 1.82) is 0 Å². The first-order chi connectivity index (χ1) is 9.44. The Kier molecular flexibility index (Phi) is 5.97. The van der Waals surface area contributed by atoms with E-state index in [1.165, 1.54) is 17.8 Å². The van der Waals surface area contributed by atoms with Crippen molar-refractivity contribution >= 4 is 23.4 Å². The number of carbonyl (C=O) groups excluding carboxylic acids is 1. The predicted octanol–water partition coefficient (Wildman–Crippen LogP) is 2.23. The molecule has 0 aromatic heterocycles. The maximum Gasteiger partial charge on any atom is 0.326 e. The fourth-order valence-corrected chi connectivity index (χ4v) is 2.65.